The van der Waals surface area contributed by atoms with Crippen LogP contribution in [0.25, 0.3) is 0 Å². The molecule has 0 bridgehead atoms. The number of ether oxygens (including phenoxy) is 11. The highest BCUT2D eigenvalue weighted by molar-refractivity contribution is 5.74. The van der Waals surface area contributed by atoms with Crippen molar-refractivity contribution in [2.45, 2.75) is 212 Å². The molecule has 30 atom stereocenters. The summed E-state index contributed by atoms with van der Waals surface area (Å²) in [5.74, 6) is -3.22. The lowest BCUT2D eigenvalue weighted by Gasteiger charge is -2.51. The molecule has 4 amide bonds. The fourth-order valence-electron chi connectivity index (χ4n) is 10.0. The van der Waals surface area contributed by atoms with Crippen molar-refractivity contribution in [3.8, 4) is 0 Å². The van der Waals surface area contributed by atoms with Crippen LogP contribution in [0.2, 0.25) is 0 Å². The Morgan fingerprint density at radius 2 is 0.671 bits per heavy atom. The van der Waals surface area contributed by atoms with E-state index in [0.29, 0.717) is 0 Å². The van der Waals surface area contributed by atoms with Crippen molar-refractivity contribution < 1.29 is 153 Å². The van der Waals surface area contributed by atoms with Crippen LogP contribution < -0.4 is 21.3 Å². The third kappa shape index (κ3) is 14.8. The van der Waals surface area contributed by atoms with E-state index < -0.39 is 247 Å². The number of amides is 4. The van der Waals surface area contributed by atoms with E-state index in [1.165, 1.54) is 0 Å². The third-order valence-electron chi connectivity index (χ3n) is 14.0. The summed E-state index contributed by atoms with van der Waals surface area (Å²) in [5, 5.41) is 183. The van der Waals surface area contributed by atoms with Crippen molar-refractivity contribution >= 4 is 23.6 Å². The first kappa shape index (κ1) is 65.0. The Labute approximate surface area is 448 Å². The minimum absolute atomic E-state index is 0.748. The number of aliphatic hydroxyl groups excluding tert-OH is 16. The van der Waals surface area contributed by atoms with E-state index in [-0.39, 0.29) is 0 Å². The molecule has 6 heterocycles. The van der Waals surface area contributed by atoms with Gasteiger partial charge in [0.2, 0.25) is 23.6 Å². The zero-order valence-corrected chi connectivity index (χ0v) is 42.8. The molecule has 0 saturated carbocycles. The number of hydrogen-bond donors (Lipinski definition) is 20. The number of hydrogen-bond acceptors (Lipinski definition) is 31. The van der Waals surface area contributed by atoms with Gasteiger partial charge in [0.15, 0.2) is 37.7 Å². The summed E-state index contributed by atoms with van der Waals surface area (Å²) in [7, 11) is 0. The Morgan fingerprint density at radius 1 is 0.329 bits per heavy atom. The van der Waals surface area contributed by atoms with Crippen molar-refractivity contribution in [1.82, 2.24) is 21.3 Å². The van der Waals surface area contributed by atoms with Crippen LogP contribution >= 0.6 is 0 Å². The van der Waals surface area contributed by atoms with Gasteiger partial charge in [-0.1, -0.05) is 0 Å². The van der Waals surface area contributed by atoms with Crippen molar-refractivity contribution in [1.29, 1.82) is 0 Å². The van der Waals surface area contributed by atoms with Crippen molar-refractivity contribution in [3.05, 3.63) is 0 Å². The van der Waals surface area contributed by atoms with Crippen LogP contribution in [0.3, 0.4) is 0 Å². The molecule has 79 heavy (non-hydrogen) atoms. The maximum atomic E-state index is 12.7. The average molecular weight is 1160 g/mol. The lowest BCUT2D eigenvalue weighted by Crippen LogP contribution is -2.71. The Balaban J connectivity index is 1.33. The first-order valence-corrected chi connectivity index (χ1v) is 25.1. The maximum absolute atomic E-state index is 12.7. The highest BCUT2D eigenvalue weighted by Crippen LogP contribution is 2.37. The van der Waals surface area contributed by atoms with E-state index >= 15 is 0 Å². The summed E-state index contributed by atoms with van der Waals surface area (Å²) in [5.41, 5.74) is 0. The second-order valence-electron chi connectivity index (χ2n) is 19.7. The standard InChI is InChI=1S/C44H74N4O31/c1-11(54)45-21-29(62)25(58)15(5-49)71-40(21)69-10-20-28(61)38(79-42-23(47-13(3)56)31(64)35(18(8-52)74-42)76-43-33(66)32(65)26(59)16(6-50)72-43)34(67)44(75-20)77-36-19(9-53)73-41(22(30(36)63)46-12(2)55)78-37-24(48-14(4)57)39(68)70-17(7-51)27(37)60/h15-44,49-53,58-68H,5-10H2,1-4H3,(H,45,54)(H,46,55)(H,47,56)(H,48,57)/t15-,16-,17-,18-,19-,20-,21-,22-,23-,24-,25-,26+,27+,28+,29+,30-,31-,32+,33-,34-,35-,36-,37-,38+,39+,40-,41+,42+,43+,44+/m1/s1. The number of rotatable bonds is 20. The second-order valence-corrected chi connectivity index (χ2v) is 19.7. The van der Waals surface area contributed by atoms with Crippen LogP contribution in [-0.2, 0) is 71.3 Å². The van der Waals surface area contributed by atoms with Gasteiger partial charge in [-0.25, -0.2) is 0 Å². The molecule has 0 aromatic carbocycles. The second kappa shape index (κ2) is 28.4. The quantitative estimate of drug-likeness (QED) is 0.0538. The van der Waals surface area contributed by atoms with E-state index in [1.807, 2.05) is 0 Å². The lowest BCUT2D eigenvalue weighted by atomic mass is 9.93. The van der Waals surface area contributed by atoms with Gasteiger partial charge in [0.1, 0.15) is 146 Å². The van der Waals surface area contributed by atoms with Crippen molar-refractivity contribution in [2.24, 2.45) is 0 Å². The molecule has 35 heteroatoms. The maximum Gasteiger partial charge on any atom is 0.217 e. The molecule has 0 unspecified atom stereocenters. The van der Waals surface area contributed by atoms with Crippen molar-refractivity contribution in [3.63, 3.8) is 0 Å². The molecule has 6 aliphatic rings. The largest absolute Gasteiger partial charge is 0.394 e. The summed E-state index contributed by atoms with van der Waals surface area (Å²) in [6.45, 7) is -1.56. The van der Waals surface area contributed by atoms with Gasteiger partial charge in [-0.15, -0.1) is 0 Å². The van der Waals surface area contributed by atoms with Gasteiger partial charge in [-0.3, -0.25) is 19.2 Å². The van der Waals surface area contributed by atoms with Gasteiger partial charge >= 0.3 is 0 Å². The Morgan fingerprint density at radius 3 is 1.13 bits per heavy atom. The summed E-state index contributed by atoms with van der Waals surface area (Å²) >= 11 is 0. The molecule has 0 spiro atoms. The van der Waals surface area contributed by atoms with Crippen LogP contribution in [-0.4, -0.2) is 329 Å². The molecule has 6 fully saturated rings. The molecule has 456 valence electrons. The van der Waals surface area contributed by atoms with Gasteiger partial charge < -0.3 is 155 Å². The molecule has 0 aromatic rings. The number of carbonyl (C=O) groups excluding carboxylic acids is 4. The van der Waals surface area contributed by atoms with Gasteiger partial charge in [0.25, 0.3) is 0 Å². The van der Waals surface area contributed by atoms with E-state index in [9.17, 15) is 101 Å². The van der Waals surface area contributed by atoms with Gasteiger partial charge in [0.05, 0.1) is 39.6 Å². The molecule has 0 radical (unpaired) electrons. The summed E-state index contributed by atoms with van der Waals surface area (Å²) in [4.78, 5) is 49.8. The molecule has 0 aromatic heterocycles. The summed E-state index contributed by atoms with van der Waals surface area (Å²) < 4.78 is 64.0. The Hall–Kier alpha value is -3.20. The van der Waals surface area contributed by atoms with E-state index in [0.717, 1.165) is 27.7 Å². The van der Waals surface area contributed by atoms with Crippen molar-refractivity contribution in [2.75, 3.05) is 39.6 Å². The molecule has 35 nitrogen and oxygen atoms in total. The van der Waals surface area contributed by atoms with E-state index in [4.69, 9.17) is 52.1 Å². The SMILES string of the molecule is CC(=O)N[C@@H]1[C@@H](O[C@@H]2O[C@H](CO)[C@@H](O[C@@H]3O[C@H](CO[C@@H]4O[C@H](CO)[C@@H](O)[C@@H](O)[C@H]4NC(C)=O)[C@H](O)[C@H](O[C@@H]4O[C@H](CO)[C@@H](O[C@@H]5O[C@H](CO)[C@H](O)[C@H](O)[C@H]5O)[C@H](O)[C@H]4NC(C)=O)[C@H]3O)[C@H](O)[C@H]2NC(C)=O)[C@@H](O)[C@@H](CO)O[C@@H]1O. The van der Waals surface area contributed by atoms with Crippen LogP contribution in [0.5, 0.6) is 0 Å². The highest BCUT2D eigenvalue weighted by atomic mass is 16.8. The summed E-state index contributed by atoms with van der Waals surface area (Å²) in [6, 6.07) is -6.73. The van der Waals surface area contributed by atoms with Crippen LogP contribution in [0.4, 0.5) is 0 Å². The first-order chi connectivity index (χ1) is 37.3. The predicted octanol–water partition coefficient (Wildman–Crippen LogP) is -13.5. The number of carbonyl (C=O) groups is 4. The molecular formula is C44H74N4O31. The van der Waals surface area contributed by atoms with E-state index in [1.54, 1.807) is 0 Å². The average Bonchev–Trinajstić information content (AvgIpc) is 3.54. The minimum Gasteiger partial charge on any atom is -0.394 e. The zero-order valence-electron chi connectivity index (χ0n) is 42.8. The van der Waals surface area contributed by atoms with Gasteiger partial charge in [-0.2, -0.15) is 0 Å². The highest BCUT2D eigenvalue weighted by Gasteiger charge is 2.58. The Bertz CT molecular complexity index is 1990. The first-order valence-electron chi connectivity index (χ1n) is 25.1. The van der Waals surface area contributed by atoms with Gasteiger partial charge in [0, 0.05) is 27.7 Å². The Kier molecular flexibility index (Phi) is 23.3. The van der Waals surface area contributed by atoms with Crippen LogP contribution in [0, 0.1) is 0 Å². The van der Waals surface area contributed by atoms with Gasteiger partial charge in [-0.05, 0) is 0 Å². The molecule has 6 aliphatic heterocycles. The molecule has 20 N–H and O–H groups in total. The van der Waals surface area contributed by atoms with Crippen LogP contribution in [0.15, 0.2) is 0 Å². The lowest BCUT2D eigenvalue weighted by molar-refractivity contribution is -0.383. The molecule has 6 saturated heterocycles. The number of nitrogens with one attached hydrogen (secondary N) is 4. The van der Waals surface area contributed by atoms with E-state index in [2.05, 4.69) is 21.3 Å². The smallest absolute Gasteiger partial charge is 0.217 e. The molecule has 0 aliphatic carbocycles. The van der Waals surface area contributed by atoms with Crippen LogP contribution in [0.1, 0.15) is 27.7 Å². The molecule has 6 rings (SSSR count). The minimum atomic E-state index is -2.32. The normalized spacial score (nSPS) is 46.7. The zero-order chi connectivity index (χ0) is 58.5. The fraction of sp³-hybridized carbons (Fsp3) is 0.909. The monoisotopic (exact) mass is 1150 g/mol. The predicted molar refractivity (Wildman–Crippen MR) is 246 cm³/mol. The topological polar surface area (TPSA) is 542 Å². The third-order valence-corrected chi connectivity index (χ3v) is 14.0. The molecular weight excluding hydrogens is 1080 g/mol. The number of aliphatic hydroxyl groups is 16. The fourth-order valence-corrected chi connectivity index (χ4v) is 10.0. The summed E-state index contributed by atoms with van der Waals surface area (Å²) in [6.07, 6.45) is -49.2.